The van der Waals surface area contributed by atoms with Crippen molar-refractivity contribution >= 4 is 11.9 Å². The van der Waals surface area contributed by atoms with Crippen LogP contribution in [0.3, 0.4) is 0 Å². The molecule has 2 nitrogen and oxygen atoms in total. The van der Waals surface area contributed by atoms with E-state index in [0.29, 0.717) is 12.2 Å². The van der Waals surface area contributed by atoms with Crippen LogP contribution in [0.25, 0.3) is 6.08 Å². The van der Waals surface area contributed by atoms with Gasteiger partial charge >= 0.3 is 0 Å². The average molecular weight is 229 g/mol. The molecule has 1 aliphatic carbocycles. The summed E-state index contributed by atoms with van der Waals surface area (Å²) in [6.07, 6.45) is 8.01. The standard InChI is InChI=1S/C15H19NO/c1-16-10-3-2-5-12-8-9-13-6-4-7-15(17)14(13)11-12/h2,5,8-9,11,16H,3-4,6-7,10H2,1H3. The molecule has 0 atom stereocenters. The van der Waals surface area contributed by atoms with Crippen LogP contribution >= 0.6 is 0 Å². The molecule has 1 N–H and O–H groups in total. The molecule has 0 saturated carbocycles. The predicted molar refractivity (Wildman–Crippen MR) is 71.3 cm³/mol. The molecule has 0 radical (unpaired) electrons. The van der Waals surface area contributed by atoms with Crippen LogP contribution in [0.15, 0.2) is 24.3 Å². The van der Waals surface area contributed by atoms with Crippen molar-refractivity contribution in [3.63, 3.8) is 0 Å². The van der Waals surface area contributed by atoms with Gasteiger partial charge in [-0.3, -0.25) is 4.79 Å². The number of hydrogen-bond acceptors (Lipinski definition) is 2. The van der Waals surface area contributed by atoms with E-state index in [9.17, 15) is 4.79 Å². The summed E-state index contributed by atoms with van der Waals surface area (Å²) in [5.41, 5.74) is 3.29. The first-order valence-corrected chi connectivity index (χ1v) is 6.28. The second kappa shape index (κ2) is 5.78. The first kappa shape index (κ1) is 12.1. The number of Topliss-reactive ketones (excluding diaryl/α,β-unsaturated/α-hetero) is 1. The highest BCUT2D eigenvalue weighted by molar-refractivity contribution is 5.98. The molecule has 0 saturated heterocycles. The minimum absolute atomic E-state index is 0.303. The second-order valence-electron chi connectivity index (χ2n) is 4.49. The fourth-order valence-electron chi connectivity index (χ4n) is 2.20. The van der Waals surface area contributed by atoms with E-state index in [1.165, 1.54) is 5.56 Å². The molecule has 1 aliphatic rings. The molecule has 1 aromatic carbocycles. The Hall–Kier alpha value is -1.41. The number of rotatable bonds is 4. The van der Waals surface area contributed by atoms with E-state index in [2.05, 4.69) is 29.6 Å². The fourth-order valence-corrected chi connectivity index (χ4v) is 2.20. The number of hydrogen-bond donors (Lipinski definition) is 1. The lowest BCUT2D eigenvalue weighted by atomic mass is 9.89. The molecule has 17 heavy (non-hydrogen) atoms. The number of benzene rings is 1. The largest absolute Gasteiger partial charge is 0.319 e. The highest BCUT2D eigenvalue weighted by Gasteiger charge is 2.16. The normalized spacial score (nSPS) is 15.2. The first-order valence-electron chi connectivity index (χ1n) is 6.28. The topological polar surface area (TPSA) is 29.1 Å². The Morgan fingerprint density at radius 3 is 3.06 bits per heavy atom. The molecular weight excluding hydrogens is 210 g/mol. The quantitative estimate of drug-likeness (QED) is 0.804. The van der Waals surface area contributed by atoms with Crippen molar-refractivity contribution in [3.05, 3.63) is 41.0 Å². The van der Waals surface area contributed by atoms with Crippen LogP contribution in [0.4, 0.5) is 0 Å². The minimum atomic E-state index is 0.303. The van der Waals surface area contributed by atoms with Gasteiger partial charge in [-0.25, -0.2) is 0 Å². The molecule has 0 bridgehead atoms. The zero-order chi connectivity index (χ0) is 12.1. The summed E-state index contributed by atoms with van der Waals surface area (Å²) in [5, 5.41) is 3.11. The molecule has 0 spiro atoms. The Morgan fingerprint density at radius 2 is 2.24 bits per heavy atom. The number of carbonyl (C=O) groups excluding carboxylic acids is 1. The van der Waals surface area contributed by atoms with Crippen molar-refractivity contribution < 1.29 is 4.79 Å². The highest BCUT2D eigenvalue weighted by atomic mass is 16.1. The Kier molecular flexibility index (Phi) is 4.10. The zero-order valence-electron chi connectivity index (χ0n) is 10.3. The number of fused-ring (bicyclic) bond motifs is 1. The number of aryl methyl sites for hydroxylation is 1. The minimum Gasteiger partial charge on any atom is -0.319 e. The van der Waals surface area contributed by atoms with Crippen molar-refractivity contribution in [2.24, 2.45) is 0 Å². The Bertz CT molecular complexity index is 435. The van der Waals surface area contributed by atoms with E-state index < -0.39 is 0 Å². The van der Waals surface area contributed by atoms with Crippen LogP contribution in [0.2, 0.25) is 0 Å². The van der Waals surface area contributed by atoms with Gasteiger partial charge in [0, 0.05) is 12.0 Å². The lowest BCUT2D eigenvalue weighted by Gasteiger charge is -2.14. The van der Waals surface area contributed by atoms with Gasteiger partial charge in [-0.15, -0.1) is 0 Å². The van der Waals surface area contributed by atoms with Gasteiger partial charge in [-0.05, 0) is 50.0 Å². The average Bonchev–Trinajstić information content (AvgIpc) is 2.36. The summed E-state index contributed by atoms with van der Waals surface area (Å²) in [4.78, 5) is 11.8. The Balaban J connectivity index is 2.12. The first-order chi connectivity index (χ1) is 8.31. The van der Waals surface area contributed by atoms with Crippen LogP contribution in [0.5, 0.6) is 0 Å². The predicted octanol–water partition coefficient (Wildman–Crippen LogP) is 2.83. The third-order valence-corrected chi connectivity index (χ3v) is 3.16. The van der Waals surface area contributed by atoms with E-state index >= 15 is 0 Å². The maximum absolute atomic E-state index is 11.8. The van der Waals surface area contributed by atoms with Crippen molar-refractivity contribution in [1.82, 2.24) is 5.32 Å². The zero-order valence-corrected chi connectivity index (χ0v) is 10.3. The highest BCUT2D eigenvalue weighted by Crippen LogP contribution is 2.22. The van der Waals surface area contributed by atoms with Gasteiger partial charge < -0.3 is 5.32 Å². The lowest BCUT2D eigenvalue weighted by Crippen LogP contribution is -2.10. The maximum atomic E-state index is 11.8. The van der Waals surface area contributed by atoms with Gasteiger partial charge in [0.2, 0.25) is 0 Å². The summed E-state index contributed by atoms with van der Waals surface area (Å²) >= 11 is 0. The van der Waals surface area contributed by atoms with Gasteiger partial charge in [0.05, 0.1) is 0 Å². The SMILES string of the molecule is CNCCC=Cc1ccc2c(c1)C(=O)CCC2. The summed E-state index contributed by atoms with van der Waals surface area (Å²) < 4.78 is 0. The third kappa shape index (κ3) is 3.04. The van der Waals surface area contributed by atoms with Gasteiger partial charge in [-0.1, -0.05) is 24.3 Å². The molecule has 0 amide bonds. The molecule has 2 heteroatoms. The Labute approximate surface area is 103 Å². The van der Waals surface area contributed by atoms with Gasteiger partial charge in [0.25, 0.3) is 0 Å². The molecule has 0 heterocycles. The second-order valence-corrected chi connectivity index (χ2v) is 4.49. The summed E-state index contributed by atoms with van der Waals surface area (Å²) in [6.45, 7) is 0.986. The molecule has 0 fully saturated rings. The maximum Gasteiger partial charge on any atom is 0.163 e. The van der Waals surface area contributed by atoms with E-state index in [0.717, 1.165) is 36.9 Å². The number of carbonyl (C=O) groups is 1. The molecule has 90 valence electrons. The van der Waals surface area contributed by atoms with Crippen molar-refractivity contribution in [2.45, 2.75) is 25.7 Å². The van der Waals surface area contributed by atoms with E-state index in [1.807, 2.05) is 13.1 Å². The molecule has 1 aromatic rings. The molecular formula is C15H19NO. The van der Waals surface area contributed by atoms with Crippen LogP contribution in [0.1, 0.15) is 40.7 Å². The van der Waals surface area contributed by atoms with Crippen molar-refractivity contribution in [2.75, 3.05) is 13.6 Å². The molecule has 2 rings (SSSR count). The van der Waals surface area contributed by atoms with Gasteiger partial charge in [-0.2, -0.15) is 0 Å². The molecule has 0 aromatic heterocycles. The summed E-state index contributed by atoms with van der Waals surface area (Å²) in [6, 6.07) is 6.24. The number of nitrogens with one attached hydrogen (secondary N) is 1. The molecule has 0 unspecified atom stereocenters. The monoisotopic (exact) mass is 229 g/mol. The van der Waals surface area contributed by atoms with E-state index in [1.54, 1.807) is 0 Å². The van der Waals surface area contributed by atoms with Crippen molar-refractivity contribution in [1.29, 1.82) is 0 Å². The lowest BCUT2D eigenvalue weighted by molar-refractivity contribution is 0.0972. The Morgan fingerprint density at radius 1 is 1.35 bits per heavy atom. The number of ketones is 1. The smallest absolute Gasteiger partial charge is 0.163 e. The summed E-state index contributed by atoms with van der Waals surface area (Å²) in [5.74, 6) is 0.303. The van der Waals surface area contributed by atoms with Gasteiger partial charge in [0.1, 0.15) is 0 Å². The van der Waals surface area contributed by atoms with E-state index in [-0.39, 0.29) is 0 Å². The van der Waals surface area contributed by atoms with Crippen LogP contribution in [-0.4, -0.2) is 19.4 Å². The van der Waals surface area contributed by atoms with Crippen molar-refractivity contribution in [3.8, 4) is 0 Å². The van der Waals surface area contributed by atoms with Crippen LogP contribution in [-0.2, 0) is 6.42 Å². The fraction of sp³-hybridized carbons (Fsp3) is 0.400. The molecule has 0 aliphatic heterocycles. The van der Waals surface area contributed by atoms with Gasteiger partial charge in [0.15, 0.2) is 5.78 Å². The summed E-state index contributed by atoms with van der Waals surface area (Å²) in [7, 11) is 1.95. The van der Waals surface area contributed by atoms with Crippen LogP contribution in [0, 0.1) is 0 Å². The van der Waals surface area contributed by atoms with Crippen LogP contribution < -0.4 is 5.32 Å². The van der Waals surface area contributed by atoms with E-state index in [4.69, 9.17) is 0 Å². The third-order valence-electron chi connectivity index (χ3n) is 3.16.